The molecule has 0 saturated heterocycles. The Labute approximate surface area is 138 Å². The van der Waals surface area contributed by atoms with Crippen LogP contribution in [-0.4, -0.2) is 32.8 Å². The van der Waals surface area contributed by atoms with E-state index in [0.717, 1.165) is 5.69 Å². The van der Waals surface area contributed by atoms with Crippen LogP contribution in [0.5, 0.6) is 5.75 Å². The molecule has 0 aliphatic heterocycles. The van der Waals surface area contributed by atoms with Crippen LogP contribution in [0.1, 0.15) is 15.9 Å². The van der Waals surface area contributed by atoms with Gasteiger partial charge in [0.1, 0.15) is 11.6 Å². The van der Waals surface area contributed by atoms with Gasteiger partial charge < -0.3 is 14.9 Å². The van der Waals surface area contributed by atoms with E-state index in [2.05, 4.69) is 4.98 Å². The van der Waals surface area contributed by atoms with Crippen molar-refractivity contribution in [2.75, 3.05) is 7.11 Å². The molecule has 0 amide bonds. The van der Waals surface area contributed by atoms with Crippen molar-refractivity contribution in [3.8, 4) is 22.8 Å². The third-order valence-corrected chi connectivity index (χ3v) is 3.72. The fourth-order valence-electron chi connectivity index (χ4n) is 2.56. The van der Waals surface area contributed by atoms with E-state index in [0.29, 0.717) is 22.7 Å². The number of carboxylic acid groups (broad SMARTS) is 1. The van der Waals surface area contributed by atoms with Crippen LogP contribution in [0.15, 0.2) is 54.9 Å². The zero-order valence-corrected chi connectivity index (χ0v) is 13.0. The molecule has 0 aliphatic rings. The molecule has 0 spiro atoms. The summed E-state index contributed by atoms with van der Waals surface area (Å²) in [6, 6.07) is 12.0. The van der Waals surface area contributed by atoms with Crippen molar-refractivity contribution in [1.29, 1.82) is 0 Å². The molecule has 0 atom stereocenters. The number of benzene rings is 2. The van der Waals surface area contributed by atoms with Crippen LogP contribution in [-0.2, 0) is 6.61 Å². The van der Waals surface area contributed by atoms with Gasteiger partial charge in [-0.05, 0) is 30.3 Å². The highest BCUT2D eigenvalue weighted by Gasteiger charge is 2.12. The molecule has 0 unspecified atom stereocenters. The molecule has 3 aromatic rings. The van der Waals surface area contributed by atoms with E-state index >= 15 is 0 Å². The van der Waals surface area contributed by atoms with Crippen molar-refractivity contribution in [1.82, 2.24) is 9.55 Å². The third-order valence-electron chi connectivity index (χ3n) is 3.72. The second kappa shape index (κ2) is 6.55. The van der Waals surface area contributed by atoms with Crippen LogP contribution in [0.3, 0.4) is 0 Å². The summed E-state index contributed by atoms with van der Waals surface area (Å²) in [6.45, 7) is -0.143. The quantitative estimate of drug-likeness (QED) is 0.754. The average molecular weight is 324 g/mol. The molecule has 6 heteroatoms. The summed E-state index contributed by atoms with van der Waals surface area (Å²) in [7, 11) is 1.55. The number of imidazole rings is 1. The number of methoxy groups -OCH3 is 1. The number of carboxylic acids is 1. The molecule has 1 aromatic heterocycles. The van der Waals surface area contributed by atoms with Crippen molar-refractivity contribution in [3.63, 3.8) is 0 Å². The van der Waals surface area contributed by atoms with Gasteiger partial charge in [-0.15, -0.1) is 0 Å². The Morgan fingerprint density at radius 1 is 1.25 bits per heavy atom. The van der Waals surface area contributed by atoms with Gasteiger partial charge in [-0.25, -0.2) is 9.78 Å². The maximum absolute atomic E-state index is 11.2. The second-order valence-electron chi connectivity index (χ2n) is 5.16. The topological polar surface area (TPSA) is 84.6 Å². The molecule has 2 N–H and O–H groups in total. The summed E-state index contributed by atoms with van der Waals surface area (Å²) in [5.74, 6) is 0.241. The molecule has 3 rings (SSSR count). The lowest BCUT2D eigenvalue weighted by Gasteiger charge is -2.12. The zero-order valence-electron chi connectivity index (χ0n) is 13.0. The summed E-state index contributed by atoms with van der Waals surface area (Å²) in [4.78, 5) is 15.5. The molecule has 1 heterocycles. The third kappa shape index (κ3) is 2.87. The Morgan fingerprint density at radius 2 is 2.08 bits per heavy atom. The first-order valence-electron chi connectivity index (χ1n) is 7.29. The Bertz CT molecular complexity index is 886. The number of ether oxygens (including phenoxy) is 1. The lowest BCUT2D eigenvalue weighted by Crippen LogP contribution is -2.01. The molecule has 6 nitrogen and oxygen atoms in total. The van der Waals surface area contributed by atoms with Crippen molar-refractivity contribution >= 4 is 5.97 Å². The van der Waals surface area contributed by atoms with Crippen LogP contribution in [0, 0.1) is 0 Å². The lowest BCUT2D eigenvalue weighted by atomic mass is 10.1. The fourth-order valence-corrected chi connectivity index (χ4v) is 2.56. The zero-order chi connectivity index (χ0) is 17.1. The second-order valence-corrected chi connectivity index (χ2v) is 5.16. The predicted octanol–water partition coefficient (Wildman–Crippen LogP) is 2.74. The van der Waals surface area contributed by atoms with E-state index in [4.69, 9.17) is 9.84 Å². The van der Waals surface area contributed by atoms with E-state index in [1.54, 1.807) is 37.7 Å². The number of hydrogen-bond donors (Lipinski definition) is 2. The van der Waals surface area contributed by atoms with Crippen molar-refractivity contribution in [2.24, 2.45) is 0 Å². The van der Waals surface area contributed by atoms with E-state index < -0.39 is 5.97 Å². The highest BCUT2D eigenvalue weighted by Crippen LogP contribution is 2.26. The average Bonchev–Trinajstić information content (AvgIpc) is 3.11. The minimum absolute atomic E-state index is 0.143. The maximum Gasteiger partial charge on any atom is 0.335 e. The number of aromatic carboxylic acids is 1. The highest BCUT2D eigenvalue weighted by atomic mass is 16.5. The SMILES string of the molecule is COc1ccc(-n2ccnc2-c2cccc(C(=O)O)c2)cc1CO. The summed E-state index contributed by atoms with van der Waals surface area (Å²) < 4.78 is 7.05. The Hall–Kier alpha value is -3.12. The first-order chi connectivity index (χ1) is 11.6. The molecule has 122 valence electrons. The monoisotopic (exact) mass is 324 g/mol. The minimum atomic E-state index is -0.984. The molecule has 0 radical (unpaired) electrons. The van der Waals surface area contributed by atoms with Gasteiger partial charge in [-0.2, -0.15) is 0 Å². The summed E-state index contributed by atoms with van der Waals surface area (Å²) in [5.41, 5.74) is 2.36. The minimum Gasteiger partial charge on any atom is -0.496 e. The smallest absolute Gasteiger partial charge is 0.335 e. The normalized spacial score (nSPS) is 10.6. The van der Waals surface area contributed by atoms with Crippen molar-refractivity contribution in [2.45, 2.75) is 6.61 Å². The molecule has 2 aromatic carbocycles. The van der Waals surface area contributed by atoms with Gasteiger partial charge in [0.15, 0.2) is 0 Å². The molecule has 0 aliphatic carbocycles. The number of rotatable bonds is 5. The number of aromatic nitrogens is 2. The Kier molecular flexibility index (Phi) is 4.31. The fraction of sp³-hybridized carbons (Fsp3) is 0.111. The molecular formula is C18H16N2O4. The van der Waals surface area contributed by atoms with E-state index in [1.165, 1.54) is 6.07 Å². The van der Waals surface area contributed by atoms with Gasteiger partial charge in [-0.1, -0.05) is 12.1 Å². The van der Waals surface area contributed by atoms with Crippen LogP contribution >= 0.6 is 0 Å². The summed E-state index contributed by atoms with van der Waals surface area (Å²) >= 11 is 0. The van der Waals surface area contributed by atoms with E-state index in [1.807, 2.05) is 22.8 Å². The first-order valence-corrected chi connectivity index (χ1v) is 7.29. The van der Waals surface area contributed by atoms with Gasteiger partial charge >= 0.3 is 5.97 Å². The number of hydrogen-bond acceptors (Lipinski definition) is 4. The van der Waals surface area contributed by atoms with Crippen molar-refractivity contribution in [3.05, 3.63) is 66.0 Å². The van der Waals surface area contributed by atoms with Crippen molar-refractivity contribution < 1.29 is 19.7 Å². The van der Waals surface area contributed by atoms with Gasteiger partial charge in [-0.3, -0.25) is 4.57 Å². The Morgan fingerprint density at radius 3 is 2.79 bits per heavy atom. The number of aliphatic hydroxyl groups excluding tert-OH is 1. The molecule has 24 heavy (non-hydrogen) atoms. The number of nitrogens with zero attached hydrogens (tertiary/aromatic N) is 2. The summed E-state index contributed by atoms with van der Waals surface area (Å²) in [5, 5.41) is 18.6. The van der Waals surface area contributed by atoms with E-state index in [-0.39, 0.29) is 12.2 Å². The highest BCUT2D eigenvalue weighted by molar-refractivity contribution is 5.89. The Balaban J connectivity index is 2.08. The van der Waals surface area contributed by atoms with E-state index in [9.17, 15) is 9.90 Å². The number of aliphatic hydroxyl groups is 1. The molecule has 0 bridgehead atoms. The van der Waals surface area contributed by atoms with Crippen LogP contribution < -0.4 is 4.74 Å². The molecule has 0 saturated carbocycles. The van der Waals surface area contributed by atoms with Gasteiger partial charge in [0, 0.05) is 29.2 Å². The standard InChI is InChI=1S/C18H16N2O4/c1-24-16-6-5-15(10-14(16)11-21)20-8-7-19-17(20)12-3-2-4-13(9-12)18(22)23/h2-10,21H,11H2,1H3,(H,22,23). The lowest BCUT2D eigenvalue weighted by molar-refractivity contribution is 0.0697. The first kappa shape index (κ1) is 15.8. The molecular weight excluding hydrogens is 308 g/mol. The predicted molar refractivity (Wildman–Crippen MR) is 88.4 cm³/mol. The van der Waals surface area contributed by atoms with Gasteiger partial charge in [0.25, 0.3) is 0 Å². The van der Waals surface area contributed by atoms with Crippen LogP contribution in [0.2, 0.25) is 0 Å². The van der Waals surface area contributed by atoms with Crippen LogP contribution in [0.25, 0.3) is 17.1 Å². The molecule has 0 fully saturated rings. The summed E-state index contributed by atoms with van der Waals surface area (Å²) in [6.07, 6.45) is 3.43. The van der Waals surface area contributed by atoms with Crippen LogP contribution in [0.4, 0.5) is 0 Å². The maximum atomic E-state index is 11.2. The van der Waals surface area contributed by atoms with Gasteiger partial charge in [0.05, 0.1) is 19.3 Å². The number of carbonyl (C=O) groups is 1. The largest absolute Gasteiger partial charge is 0.496 e. The van der Waals surface area contributed by atoms with Gasteiger partial charge in [0.2, 0.25) is 0 Å².